The molecule has 28 heavy (non-hydrogen) atoms. The Morgan fingerprint density at radius 1 is 1.32 bits per heavy atom. The predicted octanol–water partition coefficient (Wildman–Crippen LogP) is 3.78. The van der Waals surface area contributed by atoms with Crippen molar-refractivity contribution >= 4 is 28.6 Å². The third kappa shape index (κ3) is 5.43. The minimum Gasteiger partial charge on any atom is -0.466 e. The summed E-state index contributed by atoms with van der Waals surface area (Å²) in [6, 6.07) is 7.81. The predicted molar refractivity (Wildman–Crippen MR) is 116 cm³/mol. The lowest BCUT2D eigenvalue weighted by molar-refractivity contribution is 0.0437. The van der Waals surface area contributed by atoms with Crippen LogP contribution in [0.15, 0.2) is 45.3 Å². The summed E-state index contributed by atoms with van der Waals surface area (Å²) in [7, 11) is 0. The molecule has 3 rings (SSSR count). The number of hydrogen-bond acceptors (Lipinski definition) is 6. The highest BCUT2D eigenvalue weighted by molar-refractivity contribution is 7.16. The third-order valence-corrected chi connectivity index (χ3v) is 6.08. The SMILES string of the molecule is CCNC(=NCC(C)(O)c1ccco1)NCCc1ccc(-c2csc(C)n2)s1. The molecule has 0 amide bonds. The van der Waals surface area contributed by atoms with Crippen molar-refractivity contribution in [3.05, 3.63) is 51.6 Å². The smallest absolute Gasteiger partial charge is 0.191 e. The number of rotatable bonds is 8. The van der Waals surface area contributed by atoms with Crippen LogP contribution >= 0.6 is 22.7 Å². The Hall–Kier alpha value is -2.16. The molecule has 3 heterocycles. The highest BCUT2D eigenvalue weighted by atomic mass is 32.1. The molecule has 0 saturated heterocycles. The molecule has 0 aromatic carbocycles. The van der Waals surface area contributed by atoms with Gasteiger partial charge in [0.15, 0.2) is 5.96 Å². The number of aromatic nitrogens is 1. The fraction of sp³-hybridized carbons (Fsp3) is 0.400. The lowest BCUT2D eigenvalue weighted by Gasteiger charge is -2.19. The molecule has 1 unspecified atom stereocenters. The second-order valence-corrected chi connectivity index (χ2v) is 8.87. The van der Waals surface area contributed by atoms with Gasteiger partial charge in [0.25, 0.3) is 0 Å². The molecule has 0 fully saturated rings. The molecule has 0 saturated carbocycles. The summed E-state index contributed by atoms with van der Waals surface area (Å²) in [4.78, 5) is 11.6. The minimum absolute atomic E-state index is 0.210. The molecule has 150 valence electrons. The van der Waals surface area contributed by atoms with Gasteiger partial charge in [-0.1, -0.05) is 0 Å². The van der Waals surface area contributed by atoms with E-state index in [0.717, 1.165) is 30.2 Å². The standard InChI is InChI=1S/C20H26N4O2S2/c1-4-21-19(23-13-20(3,25)18-6-5-11-26-18)22-10-9-15-7-8-17(28-15)16-12-27-14(2)24-16/h5-8,11-12,25H,4,9-10,13H2,1-3H3,(H2,21,22,23). The van der Waals surface area contributed by atoms with Gasteiger partial charge in [-0.25, -0.2) is 9.98 Å². The number of aliphatic hydroxyl groups is 1. The van der Waals surface area contributed by atoms with Gasteiger partial charge >= 0.3 is 0 Å². The first-order valence-corrected chi connectivity index (χ1v) is 11.0. The van der Waals surface area contributed by atoms with Gasteiger partial charge in [-0.05, 0) is 51.5 Å². The second-order valence-electron chi connectivity index (χ2n) is 6.64. The molecule has 3 aromatic heterocycles. The first-order chi connectivity index (χ1) is 13.5. The van der Waals surface area contributed by atoms with Gasteiger partial charge in [-0.2, -0.15) is 0 Å². The van der Waals surface area contributed by atoms with E-state index < -0.39 is 5.60 Å². The number of nitrogens with zero attached hydrogens (tertiary/aromatic N) is 2. The van der Waals surface area contributed by atoms with E-state index >= 15 is 0 Å². The van der Waals surface area contributed by atoms with E-state index in [1.165, 1.54) is 9.75 Å². The van der Waals surface area contributed by atoms with Crippen molar-refractivity contribution in [2.24, 2.45) is 4.99 Å². The number of hydrogen-bond donors (Lipinski definition) is 3. The summed E-state index contributed by atoms with van der Waals surface area (Å²) < 4.78 is 5.31. The van der Waals surface area contributed by atoms with Gasteiger partial charge in [-0.15, -0.1) is 22.7 Å². The van der Waals surface area contributed by atoms with Crippen molar-refractivity contribution in [1.29, 1.82) is 0 Å². The maximum absolute atomic E-state index is 10.5. The largest absolute Gasteiger partial charge is 0.466 e. The van der Waals surface area contributed by atoms with Crippen molar-refractivity contribution in [3.8, 4) is 10.6 Å². The highest BCUT2D eigenvalue weighted by Gasteiger charge is 2.26. The van der Waals surface area contributed by atoms with Crippen LogP contribution in [0.5, 0.6) is 0 Å². The lowest BCUT2D eigenvalue weighted by atomic mass is 10.0. The monoisotopic (exact) mass is 418 g/mol. The van der Waals surface area contributed by atoms with E-state index in [2.05, 4.69) is 38.1 Å². The van der Waals surface area contributed by atoms with E-state index in [-0.39, 0.29) is 6.54 Å². The van der Waals surface area contributed by atoms with Crippen molar-refractivity contribution < 1.29 is 9.52 Å². The van der Waals surface area contributed by atoms with Crippen LogP contribution in [0.4, 0.5) is 0 Å². The summed E-state index contributed by atoms with van der Waals surface area (Å²) in [5, 5.41) is 20.3. The van der Waals surface area contributed by atoms with Gasteiger partial charge in [0.2, 0.25) is 0 Å². The van der Waals surface area contributed by atoms with Crippen molar-refractivity contribution in [1.82, 2.24) is 15.6 Å². The number of nitrogens with one attached hydrogen (secondary N) is 2. The number of thiophene rings is 1. The molecule has 0 aliphatic heterocycles. The van der Waals surface area contributed by atoms with E-state index in [4.69, 9.17) is 4.42 Å². The molecular weight excluding hydrogens is 392 g/mol. The number of aryl methyl sites for hydroxylation is 1. The Kier molecular flexibility index (Phi) is 6.88. The maximum atomic E-state index is 10.5. The van der Waals surface area contributed by atoms with Crippen LogP contribution in [0.2, 0.25) is 0 Å². The Morgan fingerprint density at radius 3 is 2.86 bits per heavy atom. The van der Waals surface area contributed by atoms with Crippen LogP contribution in [0.25, 0.3) is 10.6 Å². The van der Waals surface area contributed by atoms with Gasteiger partial charge in [0.1, 0.15) is 11.4 Å². The molecule has 3 aromatic rings. The zero-order valence-electron chi connectivity index (χ0n) is 16.4. The van der Waals surface area contributed by atoms with Crippen LogP contribution < -0.4 is 10.6 Å². The Balaban J connectivity index is 1.54. The maximum Gasteiger partial charge on any atom is 0.191 e. The first-order valence-electron chi connectivity index (χ1n) is 9.27. The number of furan rings is 1. The molecule has 8 heteroatoms. The van der Waals surface area contributed by atoms with Crippen LogP contribution in [0.3, 0.4) is 0 Å². The molecule has 0 bridgehead atoms. The molecule has 0 spiro atoms. The van der Waals surface area contributed by atoms with Gasteiger partial charge < -0.3 is 20.2 Å². The Morgan fingerprint density at radius 2 is 2.18 bits per heavy atom. The van der Waals surface area contributed by atoms with Crippen molar-refractivity contribution in [2.45, 2.75) is 32.8 Å². The van der Waals surface area contributed by atoms with Crippen LogP contribution in [-0.2, 0) is 12.0 Å². The molecular formula is C20H26N4O2S2. The molecule has 0 aliphatic carbocycles. The van der Waals surface area contributed by atoms with E-state index in [1.54, 1.807) is 48.0 Å². The number of aliphatic imine (C=N–C) groups is 1. The highest BCUT2D eigenvalue weighted by Crippen LogP contribution is 2.29. The number of guanidine groups is 1. The third-order valence-electron chi connectivity index (χ3n) is 4.14. The fourth-order valence-corrected chi connectivity index (χ4v) is 4.32. The summed E-state index contributed by atoms with van der Waals surface area (Å²) in [6.07, 6.45) is 2.45. The molecule has 0 aliphatic rings. The fourth-order valence-electron chi connectivity index (χ4n) is 2.67. The topological polar surface area (TPSA) is 82.7 Å². The summed E-state index contributed by atoms with van der Waals surface area (Å²) in [5.41, 5.74) is -0.0815. The van der Waals surface area contributed by atoms with Crippen molar-refractivity contribution in [3.63, 3.8) is 0 Å². The Bertz CT molecular complexity index is 897. The Labute approximate surface area is 173 Å². The normalized spacial score (nSPS) is 14.1. The molecule has 0 radical (unpaired) electrons. The van der Waals surface area contributed by atoms with Crippen LogP contribution in [0, 0.1) is 6.92 Å². The lowest BCUT2D eigenvalue weighted by Crippen LogP contribution is -2.39. The molecule has 1 atom stereocenters. The van der Waals surface area contributed by atoms with Gasteiger partial charge in [-0.3, -0.25) is 0 Å². The van der Waals surface area contributed by atoms with Crippen LogP contribution in [0.1, 0.15) is 29.5 Å². The van der Waals surface area contributed by atoms with E-state index in [9.17, 15) is 5.11 Å². The molecule has 3 N–H and O–H groups in total. The zero-order valence-corrected chi connectivity index (χ0v) is 18.0. The van der Waals surface area contributed by atoms with Crippen molar-refractivity contribution in [2.75, 3.05) is 19.6 Å². The molecule has 6 nitrogen and oxygen atoms in total. The average Bonchev–Trinajstić information content (AvgIpc) is 3.41. The first kappa shape index (κ1) is 20.6. The van der Waals surface area contributed by atoms with Crippen LogP contribution in [-0.4, -0.2) is 35.7 Å². The van der Waals surface area contributed by atoms with E-state index in [0.29, 0.717) is 11.7 Å². The van der Waals surface area contributed by atoms with Gasteiger partial charge in [0, 0.05) is 23.3 Å². The quantitative estimate of drug-likeness (QED) is 0.383. The minimum atomic E-state index is -1.14. The summed E-state index contributed by atoms with van der Waals surface area (Å²) >= 11 is 3.45. The number of thiazole rings is 1. The summed E-state index contributed by atoms with van der Waals surface area (Å²) in [5.74, 6) is 1.19. The van der Waals surface area contributed by atoms with Gasteiger partial charge in [0.05, 0.1) is 28.4 Å². The zero-order chi connectivity index (χ0) is 20.0. The second kappa shape index (κ2) is 9.36. The summed E-state index contributed by atoms with van der Waals surface area (Å²) in [6.45, 7) is 7.46. The average molecular weight is 419 g/mol. The van der Waals surface area contributed by atoms with E-state index in [1.807, 2.05) is 13.8 Å².